The number of carbonyl (C=O) groups is 1. The van der Waals surface area contributed by atoms with Crippen molar-refractivity contribution < 1.29 is 4.79 Å². The van der Waals surface area contributed by atoms with Crippen molar-refractivity contribution in [3.05, 3.63) is 58.7 Å². The maximum absolute atomic E-state index is 10.4. The Kier molecular flexibility index (Phi) is 6.61. The third-order valence-electron chi connectivity index (χ3n) is 4.06. The molecule has 0 spiro atoms. The van der Waals surface area contributed by atoms with Crippen LogP contribution in [0.3, 0.4) is 0 Å². The molecule has 0 fully saturated rings. The second-order valence-corrected chi connectivity index (χ2v) is 6.58. The molecule has 0 heterocycles. The summed E-state index contributed by atoms with van der Waals surface area (Å²) in [5.41, 5.74) is 5.41. The van der Waals surface area contributed by atoms with Gasteiger partial charge in [-0.05, 0) is 62.7 Å². The van der Waals surface area contributed by atoms with Gasteiger partial charge in [0.05, 0.1) is 0 Å². The van der Waals surface area contributed by atoms with E-state index in [0.29, 0.717) is 5.41 Å². The molecule has 114 valence electrons. The van der Waals surface area contributed by atoms with Gasteiger partial charge in [0.25, 0.3) is 0 Å². The largest absolute Gasteiger partial charge is 0.299 e. The normalized spacial score (nSPS) is 20.6. The lowest BCUT2D eigenvalue weighted by Gasteiger charge is -2.32. The molecule has 0 unspecified atom stereocenters. The first-order valence-corrected chi connectivity index (χ1v) is 7.72. The van der Waals surface area contributed by atoms with Crippen LogP contribution >= 0.6 is 0 Å². The summed E-state index contributed by atoms with van der Waals surface area (Å²) >= 11 is 0. The number of hydrogen-bond acceptors (Lipinski definition) is 1. The highest BCUT2D eigenvalue weighted by Gasteiger charge is 2.26. The molecule has 0 saturated heterocycles. The molecule has 1 nitrogen and oxygen atoms in total. The molecule has 0 amide bonds. The molecule has 1 aliphatic carbocycles. The van der Waals surface area contributed by atoms with E-state index in [1.807, 2.05) is 19.9 Å². The average molecular weight is 284 g/mol. The van der Waals surface area contributed by atoms with E-state index >= 15 is 0 Å². The van der Waals surface area contributed by atoms with Crippen molar-refractivity contribution in [3.63, 3.8) is 0 Å². The van der Waals surface area contributed by atoms with Gasteiger partial charge in [0, 0.05) is 0 Å². The van der Waals surface area contributed by atoms with Crippen molar-refractivity contribution in [3.8, 4) is 0 Å². The Bertz CT molecular complexity index is 522. The van der Waals surface area contributed by atoms with Crippen LogP contribution in [0.4, 0.5) is 0 Å². The van der Waals surface area contributed by atoms with Gasteiger partial charge in [0.15, 0.2) is 0 Å². The van der Waals surface area contributed by atoms with Crippen molar-refractivity contribution >= 4 is 6.29 Å². The van der Waals surface area contributed by atoms with Crippen LogP contribution in [-0.2, 0) is 4.79 Å². The third-order valence-corrected chi connectivity index (χ3v) is 4.06. The zero-order valence-electron chi connectivity index (χ0n) is 14.1. The highest BCUT2D eigenvalue weighted by molar-refractivity contribution is 5.67. The molecule has 0 N–H and O–H groups in total. The van der Waals surface area contributed by atoms with E-state index in [0.717, 1.165) is 17.4 Å². The second kappa shape index (κ2) is 7.97. The Morgan fingerprint density at radius 1 is 1.14 bits per heavy atom. The maximum atomic E-state index is 10.4. The van der Waals surface area contributed by atoms with Gasteiger partial charge in [0.2, 0.25) is 0 Å². The minimum atomic E-state index is 0.293. The van der Waals surface area contributed by atoms with Crippen molar-refractivity contribution in [2.75, 3.05) is 0 Å². The summed E-state index contributed by atoms with van der Waals surface area (Å²) in [6.45, 7) is 10.9. The van der Waals surface area contributed by atoms with Crippen LogP contribution in [0.2, 0.25) is 0 Å². The summed E-state index contributed by atoms with van der Waals surface area (Å²) in [6.07, 6.45) is 16.7. The smallest absolute Gasteiger partial charge is 0.143 e. The summed E-state index contributed by atoms with van der Waals surface area (Å²) in [7, 11) is 0. The van der Waals surface area contributed by atoms with Crippen molar-refractivity contribution in [2.45, 2.75) is 53.9 Å². The summed E-state index contributed by atoms with van der Waals surface area (Å²) in [5.74, 6) is 0. The summed E-state index contributed by atoms with van der Waals surface area (Å²) < 4.78 is 0. The molecule has 0 atom stereocenters. The highest BCUT2D eigenvalue weighted by Crippen LogP contribution is 2.40. The van der Waals surface area contributed by atoms with E-state index in [-0.39, 0.29) is 0 Å². The first-order valence-electron chi connectivity index (χ1n) is 7.72. The molecular formula is C20H28O. The van der Waals surface area contributed by atoms with Crippen molar-refractivity contribution in [1.82, 2.24) is 0 Å². The fourth-order valence-corrected chi connectivity index (χ4v) is 2.93. The van der Waals surface area contributed by atoms with Gasteiger partial charge in [-0.1, -0.05) is 55.4 Å². The lowest BCUT2D eigenvalue weighted by Crippen LogP contribution is -2.18. The van der Waals surface area contributed by atoms with Crippen LogP contribution in [0.15, 0.2) is 58.7 Å². The van der Waals surface area contributed by atoms with Gasteiger partial charge in [-0.2, -0.15) is 0 Å². The van der Waals surface area contributed by atoms with Crippen molar-refractivity contribution in [1.29, 1.82) is 0 Å². The summed E-state index contributed by atoms with van der Waals surface area (Å²) in [5, 5.41) is 0. The number of hydrogen-bond donors (Lipinski definition) is 0. The first kappa shape index (κ1) is 17.4. The highest BCUT2D eigenvalue weighted by atomic mass is 16.1. The fraction of sp³-hybridized carbons (Fsp3) is 0.450. The Hall–Kier alpha value is -1.63. The maximum Gasteiger partial charge on any atom is 0.143 e. The van der Waals surface area contributed by atoms with Gasteiger partial charge >= 0.3 is 0 Å². The molecule has 0 radical (unpaired) electrons. The van der Waals surface area contributed by atoms with Gasteiger partial charge < -0.3 is 0 Å². The van der Waals surface area contributed by atoms with Crippen LogP contribution in [0.25, 0.3) is 0 Å². The van der Waals surface area contributed by atoms with Crippen LogP contribution in [0.5, 0.6) is 0 Å². The van der Waals surface area contributed by atoms with Crippen molar-refractivity contribution in [2.24, 2.45) is 5.41 Å². The minimum absolute atomic E-state index is 0.293. The molecule has 1 heteroatoms. The molecule has 21 heavy (non-hydrogen) atoms. The molecule has 0 aromatic rings. The van der Waals surface area contributed by atoms with Crippen LogP contribution in [0.1, 0.15) is 53.9 Å². The molecule has 0 aliphatic heterocycles. The average Bonchev–Trinajstić information content (AvgIpc) is 2.36. The number of aldehydes is 1. The monoisotopic (exact) mass is 284 g/mol. The van der Waals surface area contributed by atoms with Gasteiger partial charge in [0.1, 0.15) is 6.29 Å². The second-order valence-electron chi connectivity index (χ2n) is 6.58. The Morgan fingerprint density at radius 3 is 2.48 bits per heavy atom. The quantitative estimate of drug-likeness (QED) is 0.358. The minimum Gasteiger partial charge on any atom is -0.299 e. The predicted molar refractivity (Wildman–Crippen MR) is 92.2 cm³/mol. The van der Waals surface area contributed by atoms with E-state index < -0.39 is 0 Å². The fourth-order valence-electron chi connectivity index (χ4n) is 2.93. The number of allylic oxidation sites excluding steroid dienone is 10. The Balaban J connectivity index is 2.76. The topological polar surface area (TPSA) is 17.1 Å². The van der Waals surface area contributed by atoms with E-state index in [1.165, 1.54) is 30.4 Å². The van der Waals surface area contributed by atoms with Gasteiger partial charge in [-0.25, -0.2) is 0 Å². The van der Waals surface area contributed by atoms with Crippen LogP contribution in [0, 0.1) is 5.41 Å². The molecule has 0 saturated carbocycles. The lowest BCUT2D eigenvalue weighted by molar-refractivity contribution is -0.104. The third kappa shape index (κ3) is 5.71. The molecule has 1 rings (SSSR count). The summed E-state index contributed by atoms with van der Waals surface area (Å²) in [4.78, 5) is 10.4. The Labute approximate surface area is 129 Å². The predicted octanol–water partition coefficient (Wildman–Crippen LogP) is 5.72. The summed E-state index contributed by atoms with van der Waals surface area (Å²) in [6, 6.07) is 0. The Morgan fingerprint density at radius 2 is 1.86 bits per heavy atom. The van der Waals surface area contributed by atoms with Gasteiger partial charge in [-0.15, -0.1) is 0 Å². The van der Waals surface area contributed by atoms with Crippen LogP contribution in [-0.4, -0.2) is 6.29 Å². The standard InChI is InChI=1S/C20H28O/c1-16(15-17(2)12-14-21)9-6-7-11-19-18(3)10-8-13-20(19,4)5/h6-7,9,11-12,14-15H,8,10,13H2,1-5H3/b9-6+,11-7+,16-15+,17-12+. The SMILES string of the molecule is CC1=C(/C=C/C=C/C(C)=C/C(C)=C/C=O)C(C)(C)CCC1. The zero-order valence-corrected chi connectivity index (χ0v) is 14.1. The zero-order chi connectivity index (χ0) is 15.9. The molecule has 1 aliphatic rings. The van der Waals surface area contributed by atoms with E-state index in [1.54, 1.807) is 6.08 Å². The number of carbonyl (C=O) groups excluding carboxylic acids is 1. The molecular weight excluding hydrogens is 256 g/mol. The molecule has 0 aromatic carbocycles. The van der Waals surface area contributed by atoms with E-state index in [2.05, 4.69) is 45.1 Å². The van der Waals surface area contributed by atoms with Crippen LogP contribution < -0.4 is 0 Å². The number of rotatable bonds is 5. The molecule has 0 bridgehead atoms. The molecule has 0 aromatic heterocycles. The first-order chi connectivity index (χ1) is 9.86. The lowest BCUT2D eigenvalue weighted by atomic mass is 9.73. The van der Waals surface area contributed by atoms with Gasteiger partial charge in [-0.3, -0.25) is 4.79 Å². The van der Waals surface area contributed by atoms with E-state index in [9.17, 15) is 4.79 Å². The van der Waals surface area contributed by atoms with E-state index in [4.69, 9.17) is 0 Å².